The van der Waals surface area contributed by atoms with E-state index in [4.69, 9.17) is 16.9 Å². The average Bonchev–Trinajstić information content (AvgIpc) is 3.28. The minimum Gasteiger partial charge on any atom is -0.370 e. The predicted octanol–water partition coefficient (Wildman–Crippen LogP) is -2.54. The van der Waals surface area contributed by atoms with Crippen LogP contribution in [0, 0.1) is 5.41 Å². The average molecular weight is 478 g/mol. The summed E-state index contributed by atoms with van der Waals surface area (Å²) in [5.41, 5.74) is 11.0. The predicted molar refractivity (Wildman–Crippen MR) is 122 cm³/mol. The highest BCUT2D eigenvalue weighted by Crippen LogP contribution is 2.10. The van der Waals surface area contributed by atoms with Crippen LogP contribution in [-0.4, -0.2) is 82.8 Å². The summed E-state index contributed by atoms with van der Waals surface area (Å²) in [6.45, 7) is 0.456. The van der Waals surface area contributed by atoms with Gasteiger partial charge < -0.3 is 37.3 Å². The van der Waals surface area contributed by atoms with E-state index in [1.54, 1.807) is 6.20 Å². The number of nitrogens with one attached hydrogen (secondary N) is 6. The highest BCUT2D eigenvalue weighted by atomic mass is 16.2. The van der Waals surface area contributed by atoms with Gasteiger partial charge in [0.25, 0.3) is 5.91 Å². The van der Waals surface area contributed by atoms with E-state index in [0.29, 0.717) is 25.8 Å². The lowest BCUT2D eigenvalue weighted by molar-refractivity contribution is -0.138. The van der Waals surface area contributed by atoms with Crippen LogP contribution in [-0.2, 0) is 20.8 Å². The fraction of sp³-hybridized carbons (Fsp3) is 0.526. The van der Waals surface area contributed by atoms with E-state index in [1.165, 1.54) is 18.3 Å². The zero-order valence-corrected chi connectivity index (χ0v) is 18.9. The van der Waals surface area contributed by atoms with Crippen LogP contribution in [0.15, 0.2) is 17.5 Å². The van der Waals surface area contributed by atoms with Gasteiger partial charge in [0.2, 0.25) is 17.8 Å². The lowest BCUT2D eigenvalue weighted by atomic mass is 10.1. The van der Waals surface area contributed by atoms with Gasteiger partial charge in [-0.2, -0.15) is 4.99 Å². The molecule has 1 unspecified atom stereocenters. The lowest BCUT2D eigenvalue weighted by Crippen LogP contribution is -2.57. The van der Waals surface area contributed by atoms with Crippen molar-refractivity contribution in [2.75, 3.05) is 20.1 Å². The third-order valence-corrected chi connectivity index (χ3v) is 5.07. The summed E-state index contributed by atoms with van der Waals surface area (Å²) in [7, 11) is 1.47. The number of imidazole rings is 1. The monoisotopic (exact) mass is 477 g/mol. The fourth-order valence-electron chi connectivity index (χ4n) is 3.29. The molecule has 5 amide bonds. The standard InChI is InChI=1S/C19H31N11O4/c1-30(13-9-25-19(28-16(13)33)29-18(22)34)15(32)7-11(3-2-6-24-17(20)21)27-14(31)5-4-12-8-23-10-26-12/h8,10-11,13H,2-7,9H2,1H3,(H,23,26)(H,27,31)(H4,20,21,24)(H4,22,25,28,29,33,34)/t11-,13?/m0/s1. The van der Waals surface area contributed by atoms with Gasteiger partial charge in [0.05, 0.1) is 12.0 Å². The van der Waals surface area contributed by atoms with Crippen molar-refractivity contribution in [2.24, 2.45) is 16.5 Å². The summed E-state index contributed by atoms with van der Waals surface area (Å²) in [5.74, 6) is -1.44. The minimum absolute atomic E-state index is 0.0371. The number of nitrogens with two attached hydrogens (primary N) is 2. The number of likely N-dealkylation sites (N-methyl/N-ethyl adjacent to an activating group) is 1. The molecule has 0 spiro atoms. The maximum absolute atomic E-state index is 12.9. The van der Waals surface area contributed by atoms with Gasteiger partial charge in [0, 0.05) is 45.2 Å². The number of aliphatic imine (C=N–C) groups is 1. The quantitative estimate of drug-likeness (QED) is 0.0957. The van der Waals surface area contributed by atoms with Crippen molar-refractivity contribution in [1.29, 1.82) is 5.41 Å². The molecule has 0 fully saturated rings. The number of aromatic amines is 1. The Labute approximate surface area is 196 Å². The van der Waals surface area contributed by atoms with Crippen molar-refractivity contribution in [2.45, 2.75) is 44.2 Å². The van der Waals surface area contributed by atoms with Crippen molar-refractivity contribution in [3.8, 4) is 0 Å². The number of amides is 5. The molecule has 0 saturated carbocycles. The van der Waals surface area contributed by atoms with Crippen LogP contribution in [0.25, 0.3) is 0 Å². The Morgan fingerprint density at radius 3 is 2.74 bits per heavy atom. The zero-order valence-electron chi connectivity index (χ0n) is 18.9. The normalized spacial score (nSPS) is 16.0. The van der Waals surface area contributed by atoms with Gasteiger partial charge in [-0.15, -0.1) is 0 Å². The van der Waals surface area contributed by atoms with Crippen molar-refractivity contribution in [1.82, 2.24) is 36.1 Å². The van der Waals surface area contributed by atoms with Gasteiger partial charge in [0.15, 0.2) is 5.96 Å². The number of aromatic nitrogens is 2. The molecule has 0 aromatic carbocycles. The number of rotatable bonds is 11. The van der Waals surface area contributed by atoms with Crippen molar-refractivity contribution >= 4 is 35.7 Å². The van der Waals surface area contributed by atoms with E-state index in [0.717, 1.165) is 5.69 Å². The minimum atomic E-state index is -0.874. The SMILES string of the molecule is CN(C(=O)C[C@H](CCCNC(=N)N)NC(=O)CCc1c[nH]cn1)C1CNC(NC(N)=O)=NC1=O. The van der Waals surface area contributed by atoms with Crippen LogP contribution in [0.4, 0.5) is 4.79 Å². The Balaban J connectivity index is 1.94. The summed E-state index contributed by atoms with van der Waals surface area (Å²) < 4.78 is 0. The van der Waals surface area contributed by atoms with Crippen molar-refractivity contribution in [3.05, 3.63) is 18.2 Å². The molecular weight excluding hydrogens is 446 g/mol. The molecule has 0 radical (unpaired) electrons. The van der Waals surface area contributed by atoms with Crippen LogP contribution < -0.4 is 32.7 Å². The molecule has 186 valence electrons. The van der Waals surface area contributed by atoms with Crippen LogP contribution in [0.1, 0.15) is 31.4 Å². The van der Waals surface area contributed by atoms with Crippen LogP contribution in [0.2, 0.25) is 0 Å². The molecule has 1 aliphatic rings. The largest absolute Gasteiger partial charge is 0.370 e. The Morgan fingerprint density at radius 1 is 1.35 bits per heavy atom. The van der Waals surface area contributed by atoms with E-state index < -0.39 is 24.0 Å². The second kappa shape index (κ2) is 12.8. The van der Waals surface area contributed by atoms with Gasteiger partial charge in [-0.3, -0.25) is 25.1 Å². The van der Waals surface area contributed by atoms with Gasteiger partial charge >= 0.3 is 6.03 Å². The molecule has 0 aliphatic carbocycles. The van der Waals surface area contributed by atoms with Crippen LogP contribution >= 0.6 is 0 Å². The topological polar surface area (TPSA) is 237 Å². The summed E-state index contributed by atoms with van der Waals surface area (Å²) in [6.07, 6.45) is 4.86. The molecule has 1 aliphatic heterocycles. The Hall–Kier alpha value is -4.17. The molecule has 1 aromatic rings. The number of nitrogens with zero attached hydrogens (tertiary/aromatic N) is 3. The first-order valence-electron chi connectivity index (χ1n) is 10.7. The Kier molecular flexibility index (Phi) is 9.79. The first-order chi connectivity index (χ1) is 16.2. The fourth-order valence-corrected chi connectivity index (χ4v) is 3.29. The summed E-state index contributed by atoms with van der Waals surface area (Å²) >= 11 is 0. The molecule has 2 atom stereocenters. The number of guanidine groups is 2. The summed E-state index contributed by atoms with van der Waals surface area (Å²) in [5, 5.41) is 17.7. The first kappa shape index (κ1) is 26.1. The molecule has 2 rings (SSSR count). The molecule has 15 heteroatoms. The second-order valence-corrected chi connectivity index (χ2v) is 7.70. The van der Waals surface area contributed by atoms with E-state index in [2.05, 4.69) is 36.2 Å². The molecule has 34 heavy (non-hydrogen) atoms. The molecule has 15 nitrogen and oxygen atoms in total. The van der Waals surface area contributed by atoms with Gasteiger partial charge in [-0.05, 0) is 19.3 Å². The molecule has 10 N–H and O–H groups in total. The lowest BCUT2D eigenvalue weighted by Gasteiger charge is -2.30. The van der Waals surface area contributed by atoms with Crippen LogP contribution in [0.5, 0.6) is 0 Å². The number of hydrogen-bond donors (Lipinski definition) is 8. The van der Waals surface area contributed by atoms with E-state index in [1.807, 2.05) is 0 Å². The third-order valence-electron chi connectivity index (χ3n) is 5.07. The number of aryl methyl sites for hydroxylation is 1. The van der Waals surface area contributed by atoms with E-state index in [9.17, 15) is 19.2 Å². The third kappa shape index (κ3) is 8.76. The number of urea groups is 1. The molecule has 0 bridgehead atoms. The zero-order chi connectivity index (χ0) is 25.1. The van der Waals surface area contributed by atoms with Crippen LogP contribution in [0.3, 0.4) is 0 Å². The highest BCUT2D eigenvalue weighted by molar-refractivity contribution is 6.04. The molecular formula is C19H31N11O4. The Morgan fingerprint density at radius 2 is 2.12 bits per heavy atom. The number of carbonyl (C=O) groups is 4. The number of primary amides is 1. The maximum Gasteiger partial charge on any atom is 0.318 e. The van der Waals surface area contributed by atoms with E-state index >= 15 is 0 Å². The number of carbonyl (C=O) groups excluding carboxylic acids is 4. The van der Waals surface area contributed by atoms with Gasteiger partial charge in [0.1, 0.15) is 6.04 Å². The van der Waals surface area contributed by atoms with Crippen molar-refractivity contribution < 1.29 is 19.2 Å². The smallest absolute Gasteiger partial charge is 0.318 e. The van der Waals surface area contributed by atoms with Gasteiger partial charge in [-0.1, -0.05) is 0 Å². The van der Waals surface area contributed by atoms with Crippen molar-refractivity contribution in [3.63, 3.8) is 0 Å². The molecule has 0 saturated heterocycles. The first-order valence-corrected chi connectivity index (χ1v) is 10.7. The second-order valence-electron chi connectivity index (χ2n) is 7.70. The van der Waals surface area contributed by atoms with Gasteiger partial charge in [-0.25, -0.2) is 9.78 Å². The molecule has 2 heterocycles. The summed E-state index contributed by atoms with van der Waals surface area (Å²) in [4.78, 5) is 60.5. The number of hydrogen-bond acceptors (Lipinski definition) is 7. The number of H-pyrrole nitrogens is 1. The summed E-state index contributed by atoms with van der Waals surface area (Å²) in [6, 6.07) is -2.23. The Bertz CT molecular complexity index is 915. The maximum atomic E-state index is 12.9. The van der Waals surface area contributed by atoms with E-state index in [-0.39, 0.29) is 43.1 Å². The molecule has 1 aromatic heterocycles. The highest BCUT2D eigenvalue weighted by Gasteiger charge is 2.31.